The van der Waals surface area contributed by atoms with Gasteiger partial charge in [-0.2, -0.15) is 26.3 Å². The van der Waals surface area contributed by atoms with Crippen LogP contribution in [0.5, 0.6) is 11.5 Å². The number of ether oxygens (including phenoxy) is 2. The first-order valence-corrected chi connectivity index (χ1v) is 13.4. The highest BCUT2D eigenvalue weighted by Crippen LogP contribution is 2.41. The molecule has 3 aliphatic rings. The summed E-state index contributed by atoms with van der Waals surface area (Å²) in [5, 5.41) is 2.60. The Balaban J connectivity index is 1.36. The Labute approximate surface area is 228 Å². The maximum atomic E-state index is 13.3. The van der Waals surface area contributed by atoms with Crippen molar-refractivity contribution in [3.05, 3.63) is 58.7 Å². The number of hydrogen-bond donors (Lipinski definition) is 1. The van der Waals surface area contributed by atoms with E-state index >= 15 is 0 Å². The summed E-state index contributed by atoms with van der Waals surface area (Å²) in [5.41, 5.74) is -3.03. The van der Waals surface area contributed by atoms with Crippen LogP contribution in [-0.4, -0.2) is 61.3 Å². The smallest absolute Gasteiger partial charge is 0.416 e. The van der Waals surface area contributed by atoms with Crippen molar-refractivity contribution in [3.8, 4) is 11.5 Å². The van der Waals surface area contributed by atoms with Crippen LogP contribution in [0.1, 0.15) is 65.2 Å². The van der Waals surface area contributed by atoms with Crippen molar-refractivity contribution < 1.29 is 40.6 Å². The normalized spacial score (nSPS) is 19.9. The topological polar surface area (TPSA) is 54.0 Å². The van der Waals surface area contributed by atoms with E-state index in [9.17, 15) is 31.1 Å². The number of benzene rings is 2. The first kappa shape index (κ1) is 28.5. The second-order valence-corrected chi connectivity index (χ2v) is 10.5. The molecule has 2 aromatic carbocycles. The molecule has 0 spiro atoms. The van der Waals surface area contributed by atoms with Crippen LogP contribution < -0.4 is 14.8 Å². The maximum Gasteiger partial charge on any atom is 0.416 e. The number of nitrogens with one attached hydrogen (secondary N) is 1. The number of rotatable bonds is 6. The van der Waals surface area contributed by atoms with Gasteiger partial charge in [0.05, 0.1) is 17.2 Å². The highest BCUT2D eigenvalue weighted by molar-refractivity contribution is 5.94. The molecule has 218 valence electrons. The van der Waals surface area contributed by atoms with Gasteiger partial charge in [0.15, 0.2) is 11.5 Å². The zero-order chi connectivity index (χ0) is 28.5. The summed E-state index contributed by atoms with van der Waals surface area (Å²) in [6, 6.07) is 6.33. The molecule has 40 heavy (non-hydrogen) atoms. The number of fused-ring (bicyclic) bond motifs is 1. The van der Waals surface area contributed by atoms with E-state index in [2.05, 4.69) is 15.1 Å². The molecule has 2 saturated heterocycles. The summed E-state index contributed by atoms with van der Waals surface area (Å²) in [7, 11) is 0. The van der Waals surface area contributed by atoms with E-state index in [4.69, 9.17) is 9.47 Å². The Hall–Kier alpha value is -2.99. The third kappa shape index (κ3) is 6.33. The van der Waals surface area contributed by atoms with Gasteiger partial charge in [0.25, 0.3) is 5.91 Å². The molecule has 1 unspecified atom stereocenters. The van der Waals surface area contributed by atoms with Crippen LogP contribution in [0.2, 0.25) is 0 Å². The molecule has 2 aromatic rings. The summed E-state index contributed by atoms with van der Waals surface area (Å²) in [5.74, 6) is 0.0533. The van der Waals surface area contributed by atoms with E-state index in [1.807, 2.05) is 6.07 Å². The highest BCUT2D eigenvalue weighted by Gasteiger charge is 2.38. The van der Waals surface area contributed by atoms with E-state index < -0.39 is 41.0 Å². The van der Waals surface area contributed by atoms with Crippen LogP contribution in [0.3, 0.4) is 0 Å². The number of amides is 1. The molecule has 3 aliphatic heterocycles. The van der Waals surface area contributed by atoms with Gasteiger partial charge in [0.2, 0.25) is 6.79 Å². The number of para-hydroxylation sites is 1. The quantitative estimate of drug-likeness (QED) is 0.440. The molecule has 3 heterocycles. The van der Waals surface area contributed by atoms with Crippen LogP contribution in [0.15, 0.2) is 36.4 Å². The van der Waals surface area contributed by atoms with E-state index in [0.717, 1.165) is 31.5 Å². The standard InChI is InChI=1S/C28H31F6N3O3/c29-27(30,31)19-13-18(14-20(15-19)28(32,33)34)26(38)35-16-23(22-5-4-6-24-25(22)40-17-39-24)37-11-7-21(8-12-37)36-9-2-1-3-10-36/h4-6,13-15,21,23H,1-3,7-12,16-17H2,(H,35,38). The monoisotopic (exact) mass is 571 g/mol. The van der Waals surface area contributed by atoms with Gasteiger partial charge in [0, 0.05) is 36.8 Å². The molecule has 0 bridgehead atoms. The van der Waals surface area contributed by atoms with Gasteiger partial charge in [-0.1, -0.05) is 18.6 Å². The number of carbonyl (C=O) groups excluding carboxylic acids is 1. The Morgan fingerprint density at radius 1 is 0.900 bits per heavy atom. The predicted octanol–water partition coefficient (Wildman–Crippen LogP) is 5.87. The minimum absolute atomic E-state index is 0.0106. The molecule has 2 fully saturated rings. The van der Waals surface area contributed by atoms with Crippen LogP contribution >= 0.6 is 0 Å². The summed E-state index contributed by atoms with van der Waals surface area (Å²) in [6.07, 6.45) is -4.63. The van der Waals surface area contributed by atoms with Crippen molar-refractivity contribution in [1.82, 2.24) is 15.1 Å². The van der Waals surface area contributed by atoms with Crippen LogP contribution in [0.25, 0.3) is 0 Å². The molecular weight excluding hydrogens is 540 g/mol. The first-order chi connectivity index (χ1) is 19.0. The molecule has 0 radical (unpaired) electrons. The molecular formula is C28H31F6N3O3. The summed E-state index contributed by atoms with van der Waals surface area (Å²) in [6.45, 7) is 3.59. The summed E-state index contributed by atoms with van der Waals surface area (Å²) < 4.78 is 91.2. The van der Waals surface area contributed by atoms with Gasteiger partial charge in [-0.25, -0.2) is 0 Å². The zero-order valence-corrected chi connectivity index (χ0v) is 21.8. The van der Waals surface area contributed by atoms with Crippen molar-refractivity contribution in [2.75, 3.05) is 39.5 Å². The fourth-order valence-electron chi connectivity index (χ4n) is 5.87. The van der Waals surface area contributed by atoms with E-state index in [-0.39, 0.29) is 19.4 Å². The van der Waals surface area contributed by atoms with Gasteiger partial charge < -0.3 is 19.7 Å². The SMILES string of the molecule is O=C(NCC(c1cccc2c1OCO2)N1CCC(N2CCCCC2)CC1)c1cc(C(F)(F)F)cc(C(F)(F)F)c1. The van der Waals surface area contributed by atoms with E-state index in [1.165, 1.54) is 19.3 Å². The number of likely N-dealkylation sites (tertiary alicyclic amines) is 2. The Kier molecular flexibility index (Phi) is 8.19. The van der Waals surface area contributed by atoms with Gasteiger partial charge in [-0.3, -0.25) is 9.69 Å². The van der Waals surface area contributed by atoms with Crippen LogP contribution in [0, 0.1) is 0 Å². The molecule has 6 nitrogen and oxygen atoms in total. The molecule has 12 heteroatoms. The highest BCUT2D eigenvalue weighted by atomic mass is 19.4. The number of piperidine rings is 2. The van der Waals surface area contributed by atoms with Crippen molar-refractivity contribution in [2.45, 2.75) is 56.5 Å². The Morgan fingerprint density at radius 2 is 1.55 bits per heavy atom. The Morgan fingerprint density at radius 3 is 2.17 bits per heavy atom. The predicted molar refractivity (Wildman–Crippen MR) is 134 cm³/mol. The van der Waals surface area contributed by atoms with Crippen LogP contribution in [0.4, 0.5) is 26.3 Å². The lowest BCUT2D eigenvalue weighted by atomic mass is 9.96. The minimum Gasteiger partial charge on any atom is -0.454 e. The maximum absolute atomic E-state index is 13.3. The zero-order valence-electron chi connectivity index (χ0n) is 21.8. The second-order valence-electron chi connectivity index (χ2n) is 10.5. The van der Waals surface area contributed by atoms with Crippen molar-refractivity contribution in [2.24, 2.45) is 0 Å². The average molecular weight is 572 g/mol. The van der Waals surface area contributed by atoms with Gasteiger partial charge >= 0.3 is 12.4 Å². The van der Waals surface area contributed by atoms with Crippen molar-refractivity contribution in [1.29, 1.82) is 0 Å². The number of nitrogens with zero attached hydrogens (tertiary/aromatic N) is 2. The lowest BCUT2D eigenvalue weighted by molar-refractivity contribution is -0.143. The third-order valence-corrected chi connectivity index (χ3v) is 7.94. The molecule has 0 aromatic heterocycles. The van der Waals surface area contributed by atoms with Gasteiger partial charge in [-0.15, -0.1) is 0 Å². The number of hydrogen-bond acceptors (Lipinski definition) is 5. The largest absolute Gasteiger partial charge is 0.454 e. The average Bonchev–Trinajstić information content (AvgIpc) is 3.42. The molecule has 1 N–H and O–H groups in total. The molecule has 1 amide bonds. The summed E-state index contributed by atoms with van der Waals surface area (Å²) in [4.78, 5) is 17.7. The lowest BCUT2D eigenvalue weighted by Gasteiger charge is -2.43. The Bertz CT molecular complexity index is 1170. The fourth-order valence-corrected chi connectivity index (χ4v) is 5.87. The van der Waals surface area contributed by atoms with Gasteiger partial charge in [0.1, 0.15) is 0 Å². The number of alkyl halides is 6. The second kappa shape index (κ2) is 11.5. The van der Waals surface area contributed by atoms with E-state index in [0.29, 0.717) is 42.8 Å². The first-order valence-electron chi connectivity index (χ1n) is 13.4. The fraction of sp³-hybridized carbons (Fsp3) is 0.536. The molecule has 0 saturated carbocycles. The molecule has 1 atom stereocenters. The molecule has 0 aliphatic carbocycles. The lowest BCUT2D eigenvalue weighted by Crippen LogP contribution is -2.49. The third-order valence-electron chi connectivity index (χ3n) is 7.94. The molecule has 5 rings (SSSR count). The van der Waals surface area contributed by atoms with E-state index in [1.54, 1.807) is 12.1 Å². The number of carbonyl (C=O) groups is 1. The minimum atomic E-state index is -5.04. The van der Waals surface area contributed by atoms with Crippen molar-refractivity contribution >= 4 is 5.91 Å². The van der Waals surface area contributed by atoms with Crippen molar-refractivity contribution in [3.63, 3.8) is 0 Å². The van der Waals surface area contributed by atoms with Gasteiger partial charge in [-0.05, 0) is 63.0 Å². The number of halogens is 6. The van der Waals surface area contributed by atoms with Crippen LogP contribution in [-0.2, 0) is 12.4 Å². The summed E-state index contributed by atoms with van der Waals surface area (Å²) >= 11 is 0.